The average molecular weight is 497 g/mol. The monoisotopic (exact) mass is 496 g/mol. The van der Waals surface area contributed by atoms with Crippen molar-refractivity contribution in [3.05, 3.63) is 59.0 Å². The van der Waals surface area contributed by atoms with Crippen LogP contribution in [0.5, 0.6) is 0 Å². The number of carboxylic acid groups (broad SMARTS) is 1. The molecular formula is C25H29ClN6O3. The topological polar surface area (TPSA) is 126 Å². The van der Waals surface area contributed by atoms with Gasteiger partial charge < -0.3 is 21.1 Å². The van der Waals surface area contributed by atoms with E-state index in [-0.39, 0.29) is 28.7 Å². The number of nitrogens with zero attached hydrogens (tertiary/aromatic N) is 4. The van der Waals surface area contributed by atoms with Crippen molar-refractivity contribution in [1.29, 1.82) is 0 Å². The maximum Gasteiger partial charge on any atom is 0.407 e. The standard InChI is InChI=1S/C25H29ClN6O3/c1-25(2,3)21-20(14-32(30-21)18-7-9-31(10-8-18)24(34)35)15-11-19(22(27)28-13-15)23(33)29-17-6-4-5-16(26)12-17/h4-6,11-14,18H,7-10H2,1-3H3,(H2,27,28)(H,29,33)(H,34,35). The number of anilines is 2. The van der Waals surface area contributed by atoms with Crippen molar-refractivity contribution < 1.29 is 14.7 Å². The molecule has 0 saturated carbocycles. The maximum atomic E-state index is 13.0. The number of hydrogen-bond acceptors (Lipinski definition) is 5. The number of likely N-dealkylation sites (tertiary alicyclic amines) is 1. The van der Waals surface area contributed by atoms with Crippen LogP contribution < -0.4 is 11.1 Å². The molecule has 1 aliphatic rings. The van der Waals surface area contributed by atoms with Crippen LogP contribution in [0.3, 0.4) is 0 Å². The Morgan fingerprint density at radius 2 is 1.91 bits per heavy atom. The van der Waals surface area contributed by atoms with Gasteiger partial charge in [-0.3, -0.25) is 9.48 Å². The van der Waals surface area contributed by atoms with Gasteiger partial charge in [-0.2, -0.15) is 5.10 Å². The van der Waals surface area contributed by atoms with Crippen LogP contribution >= 0.6 is 11.6 Å². The largest absolute Gasteiger partial charge is 0.465 e. The lowest BCUT2D eigenvalue weighted by atomic mass is 9.87. The number of aromatic nitrogens is 3. The van der Waals surface area contributed by atoms with E-state index in [1.807, 2.05) is 10.9 Å². The number of carbonyl (C=O) groups excluding carboxylic acids is 1. The van der Waals surface area contributed by atoms with E-state index in [4.69, 9.17) is 22.4 Å². The van der Waals surface area contributed by atoms with Crippen LogP contribution in [0.2, 0.25) is 5.02 Å². The predicted octanol–water partition coefficient (Wildman–Crippen LogP) is 5.05. The minimum Gasteiger partial charge on any atom is -0.465 e. The number of rotatable bonds is 4. The van der Waals surface area contributed by atoms with E-state index in [0.29, 0.717) is 36.6 Å². The van der Waals surface area contributed by atoms with Crippen LogP contribution in [0.25, 0.3) is 11.1 Å². The normalized spacial score (nSPS) is 14.7. The molecule has 9 nitrogen and oxygen atoms in total. The molecule has 3 aromatic rings. The van der Waals surface area contributed by atoms with E-state index in [9.17, 15) is 14.7 Å². The molecule has 184 valence electrons. The number of benzene rings is 1. The molecule has 0 aliphatic carbocycles. The molecule has 0 radical (unpaired) electrons. The van der Waals surface area contributed by atoms with E-state index < -0.39 is 6.09 Å². The minimum absolute atomic E-state index is 0.0905. The highest BCUT2D eigenvalue weighted by molar-refractivity contribution is 6.31. The summed E-state index contributed by atoms with van der Waals surface area (Å²) in [6.45, 7) is 7.17. The molecule has 0 spiro atoms. The lowest BCUT2D eigenvalue weighted by molar-refractivity contribution is 0.102. The molecule has 0 bridgehead atoms. The second-order valence-electron chi connectivity index (χ2n) is 9.74. The van der Waals surface area contributed by atoms with Crippen molar-refractivity contribution in [2.45, 2.75) is 45.1 Å². The highest BCUT2D eigenvalue weighted by Gasteiger charge is 2.29. The van der Waals surface area contributed by atoms with Gasteiger partial charge in [0, 0.05) is 52.7 Å². The van der Waals surface area contributed by atoms with E-state index in [1.165, 1.54) is 4.90 Å². The zero-order valence-electron chi connectivity index (χ0n) is 20.0. The Bertz CT molecular complexity index is 1260. The van der Waals surface area contributed by atoms with Crippen molar-refractivity contribution >= 4 is 35.1 Å². The first kappa shape index (κ1) is 24.5. The molecule has 1 aliphatic heterocycles. The van der Waals surface area contributed by atoms with Gasteiger partial charge in [0.05, 0.1) is 17.3 Å². The summed E-state index contributed by atoms with van der Waals surface area (Å²) in [6, 6.07) is 8.70. The number of nitrogens with one attached hydrogen (secondary N) is 1. The van der Waals surface area contributed by atoms with Crippen molar-refractivity contribution in [3.8, 4) is 11.1 Å². The van der Waals surface area contributed by atoms with Crippen LogP contribution in [-0.2, 0) is 5.41 Å². The number of pyridine rings is 1. The number of amides is 2. The second kappa shape index (κ2) is 9.58. The molecule has 0 unspecified atom stereocenters. The first-order chi connectivity index (χ1) is 16.5. The zero-order chi connectivity index (χ0) is 25.3. The third-order valence-electron chi connectivity index (χ3n) is 6.11. The van der Waals surface area contributed by atoms with Crippen LogP contribution in [-0.4, -0.2) is 49.9 Å². The highest BCUT2D eigenvalue weighted by atomic mass is 35.5. The molecule has 1 saturated heterocycles. The van der Waals surface area contributed by atoms with Gasteiger partial charge in [0.2, 0.25) is 0 Å². The third kappa shape index (κ3) is 5.40. The number of carbonyl (C=O) groups is 2. The average Bonchev–Trinajstić information content (AvgIpc) is 3.25. The molecule has 3 heterocycles. The number of nitrogen functional groups attached to an aromatic ring is 1. The van der Waals surface area contributed by atoms with Crippen LogP contribution in [0.15, 0.2) is 42.7 Å². The van der Waals surface area contributed by atoms with Crippen molar-refractivity contribution in [2.75, 3.05) is 24.1 Å². The predicted molar refractivity (Wildman–Crippen MR) is 136 cm³/mol. The SMILES string of the molecule is CC(C)(C)c1nn(C2CCN(C(=O)O)CC2)cc1-c1cnc(N)c(C(=O)Nc2cccc(Cl)c2)c1. The first-order valence-electron chi connectivity index (χ1n) is 11.4. The van der Waals surface area contributed by atoms with Crippen LogP contribution in [0, 0.1) is 0 Å². The quantitative estimate of drug-likeness (QED) is 0.464. The molecule has 4 rings (SSSR count). The molecule has 2 aromatic heterocycles. The van der Waals surface area contributed by atoms with E-state index in [1.54, 1.807) is 36.5 Å². The maximum absolute atomic E-state index is 13.0. The Hall–Kier alpha value is -3.59. The molecule has 4 N–H and O–H groups in total. The third-order valence-corrected chi connectivity index (χ3v) is 6.34. The molecule has 2 amide bonds. The summed E-state index contributed by atoms with van der Waals surface area (Å²) in [7, 11) is 0. The zero-order valence-corrected chi connectivity index (χ0v) is 20.7. The van der Waals surface area contributed by atoms with E-state index in [2.05, 4.69) is 31.1 Å². The Morgan fingerprint density at radius 3 is 2.54 bits per heavy atom. The van der Waals surface area contributed by atoms with Gasteiger partial charge in [-0.05, 0) is 37.1 Å². The summed E-state index contributed by atoms with van der Waals surface area (Å²) in [6.07, 6.45) is 4.09. The summed E-state index contributed by atoms with van der Waals surface area (Å²) >= 11 is 6.03. The fourth-order valence-corrected chi connectivity index (χ4v) is 4.43. The molecule has 10 heteroatoms. The summed E-state index contributed by atoms with van der Waals surface area (Å²) in [5, 5.41) is 17.5. The minimum atomic E-state index is -0.892. The molecule has 0 atom stereocenters. The number of halogens is 1. The van der Waals surface area contributed by atoms with E-state index >= 15 is 0 Å². The van der Waals surface area contributed by atoms with Gasteiger partial charge in [-0.1, -0.05) is 38.4 Å². The smallest absolute Gasteiger partial charge is 0.407 e. The van der Waals surface area contributed by atoms with Crippen LogP contribution in [0.1, 0.15) is 55.7 Å². The summed E-state index contributed by atoms with van der Waals surface area (Å²) < 4.78 is 1.93. The molecule has 1 aromatic carbocycles. The lowest BCUT2D eigenvalue weighted by Gasteiger charge is -2.30. The molecular weight excluding hydrogens is 468 g/mol. The molecule has 1 fully saturated rings. The number of hydrogen-bond donors (Lipinski definition) is 3. The summed E-state index contributed by atoms with van der Waals surface area (Å²) in [5.74, 6) is -0.260. The molecule has 35 heavy (non-hydrogen) atoms. The lowest BCUT2D eigenvalue weighted by Crippen LogP contribution is -2.38. The number of piperidine rings is 1. The van der Waals surface area contributed by atoms with Gasteiger partial charge in [0.25, 0.3) is 5.91 Å². The van der Waals surface area contributed by atoms with E-state index in [0.717, 1.165) is 16.8 Å². The van der Waals surface area contributed by atoms with Gasteiger partial charge in [-0.25, -0.2) is 9.78 Å². The Labute approximate surface area is 208 Å². The Kier molecular flexibility index (Phi) is 6.71. The first-order valence-corrected chi connectivity index (χ1v) is 11.8. The van der Waals surface area contributed by atoms with Gasteiger partial charge in [-0.15, -0.1) is 0 Å². The fraction of sp³-hybridized carbons (Fsp3) is 0.360. The highest BCUT2D eigenvalue weighted by Crippen LogP contribution is 2.35. The van der Waals surface area contributed by atoms with Crippen LogP contribution in [0.4, 0.5) is 16.3 Å². The number of nitrogens with two attached hydrogens (primary N) is 1. The van der Waals surface area contributed by atoms with Crippen molar-refractivity contribution in [1.82, 2.24) is 19.7 Å². The summed E-state index contributed by atoms with van der Waals surface area (Å²) in [5.41, 5.74) is 9.07. The van der Waals surface area contributed by atoms with Gasteiger partial charge >= 0.3 is 6.09 Å². The van der Waals surface area contributed by atoms with Gasteiger partial charge in [0.1, 0.15) is 5.82 Å². The van der Waals surface area contributed by atoms with Crippen molar-refractivity contribution in [2.24, 2.45) is 0 Å². The second-order valence-corrected chi connectivity index (χ2v) is 10.2. The Balaban J connectivity index is 1.66. The van der Waals surface area contributed by atoms with Crippen molar-refractivity contribution in [3.63, 3.8) is 0 Å². The Morgan fingerprint density at radius 1 is 1.20 bits per heavy atom. The van der Waals surface area contributed by atoms with Gasteiger partial charge in [0.15, 0.2) is 0 Å². The fourth-order valence-electron chi connectivity index (χ4n) is 4.23. The summed E-state index contributed by atoms with van der Waals surface area (Å²) in [4.78, 5) is 30.0.